The molecule has 32 heavy (non-hydrogen) atoms. The summed E-state index contributed by atoms with van der Waals surface area (Å²) in [6.07, 6.45) is 1.65. The SMILES string of the molecule is Cc1onc(-c2ccccc2)c1-c1nnc2n1Cc1ccc(OCc3ncn(C)n3)cc1-2. The second-order valence-electron chi connectivity index (χ2n) is 7.70. The highest BCUT2D eigenvalue weighted by atomic mass is 16.5. The molecular formula is C23H19N7O2. The lowest BCUT2D eigenvalue weighted by Crippen LogP contribution is -1.99. The van der Waals surface area contributed by atoms with Crippen molar-refractivity contribution < 1.29 is 9.26 Å². The van der Waals surface area contributed by atoms with E-state index in [1.807, 2.05) is 56.4 Å². The Kier molecular flexibility index (Phi) is 4.14. The standard InChI is InChI=1S/C23H19N7O2/c1-14-20(21(28-32-14)15-6-4-3-5-7-15)23-26-25-22-18-10-17(9-8-16(18)11-30(22)23)31-12-19-24-13-29(2)27-19/h3-10,13H,11-12H2,1-2H3. The monoisotopic (exact) mass is 425 g/mol. The number of nitrogens with zero attached hydrogens (tertiary/aromatic N) is 7. The van der Waals surface area contributed by atoms with Crippen LogP contribution >= 0.6 is 0 Å². The zero-order chi connectivity index (χ0) is 21.7. The highest BCUT2D eigenvalue weighted by Gasteiger charge is 2.29. The smallest absolute Gasteiger partial charge is 0.188 e. The van der Waals surface area contributed by atoms with Crippen molar-refractivity contribution in [1.82, 2.24) is 34.7 Å². The van der Waals surface area contributed by atoms with E-state index in [0.717, 1.165) is 45.3 Å². The van der Waals surface area contributed by atoms with Crippen LogP contribution in [-0.4, -0.2) is 34.7 Å². The molecule has 5 aromatic rings. The maximum absolute atomic E-state index is 5.90. The van der Waals surface area contributed by atoms with Crippen molar-refractivity contribution in [2.75, 3.05) is 0 Å². The molecule has 158 valence electrons. The van der Waals surface area contributed by atoms with E-state index < -0.39 is 0 Å². The zero-order valence-electron chi connectivity index (χ0n) is 17.6. The van der Waals surface area contributed by atoms with Crippen LogP contribution in [-0.2, 0) is 20.2 Å². The van der Waals surface area contributed by atoms with E-state index in [0.29, 0.717) is 24.7 Å². The Hall–Kier alpha value is -4.27. The first-order valence-electron chi connectivity index (χ1n) is 10.2. The van der Waals surface area contributed by atoms with Gasteiger partial charge in [0.05, 0.1) is 12.1 Å². The molecule has 0 radical (unpaired) electrons. The van der Waals surface area contributed by atoms with Gasteiger partial charge < -0.3 is 13.8 Å². The minimum Gasteiger partial charge on any atom is -0.486 e. The van der Waals surface area contributed by atoms with Gasteiger partial charge in [0, 0.05) is 18.2 Å². The van der Waals surface area contributed by atoms with Crippen LogP contribution in [0.25, 0.3) is 34.0 Å². The Morgan fingerprint density at radius 1 is 1.06 bits per heavy atom. The number of hydrogen-bond donors (Lipinski definition) is 0. The van der Waals surface area contributed by atoms with E-state index in [9.17, 15) is 0 Å². The highest BCUT2D eigenvalue weighted by molar-refractivity contribution is 5.80. The largest absolute Gasteiger partial charge is 0.486 e. The number of aromatic nitrogens is 7. The Morgan fingerprint density at radius 2 is 1.91 bits per heavy atom. The first-order chi connectivity index (χ1) is 15.7. The van der Waals surface area contributed by atoms with Gasteiger partial charge in [0.15, 0.2) is 17.5 Å². The van der Waals surface area contributed by atoms with Crippen LogP contribution in [0.4, 0.5) is 0 Å². The van der Waals surface area contributed by atoms with Crippen molar-refractivity contribution in [1.29, 1.82) is 0 Å². The highest BCUT2D eigenvalue weighted by Crippen LogP contribution is 2.39. The molecule has 0 atom stereocenters. The van der Waals surface area contributed by atoms with Gasteiger partial charge in [-0.1, -0.05) is 41.6 Å². The Balaban J connectivity index is 1.34. The summed E-state index contributed by atoms with van der Waals surface area (Å²) in [7, 11) is 1.83. The van der Waals surface area contributed by atoms with E-state index >= 15 is 0 Å². The fourth-order valence-corrected chi connectivity index (χ4v) is 4.03. The van der Waals surface area contributed by atoms with Crippen LogP contribution in [0, 0.1) is 6.92 Å². The van der Waals surface area contributed by atoms with Crippen molar-refractivity contribution in [3.8, 4) is 39.8 Å². The number of rotatable bonds is 5. The van der Waals surface area contributed by atoms with E-state index in [1.54, 1.807) is 11.0 Å². The molecule has 0 unspecified atom stereocenters. The maximum Gasteiger partial charge on any atom is 0.188 e. The first kappa shape index (κ1) is 18.5. The normalized spacial score (nSPS) is 12.1. The number of benzene rings is 2. The third-order valence-corrected chi connectivity index (χ3v) is 5.55. The van der Waals surface area contributed by atoms with E-state index in [4.69, 9.17) is 9.26 Å². The van der Waals surface area contributed by atoms with Crippen molar-refractivity contribution in [2.45, 2.75) is 20.1 Å². The minimum absolute atomic E-state index is 0.303. The summed E-state index contributed by atoms with van der Waals surface area (Å²) >= 11 is 0. The molecule has 6 rings (SSSR count). The van der Waals surface area contributed by atoms with Crippen LogP contribution in [0.3, 0.4) is 0 Å². The lowest BCUT2D eigenvalue weighted by molar-refractivity contribution is 0.295. The predicted octanol–water partition coefficient (Wildman–Crippen LogP) is 3.64. The van der Waals surface area contributed by atoms with Gasteiger partial charge >= 0.3 is 0 Å². The van der Waals surface area contributed by atoms with Crippen LogP contribution in [0.1, 0.15) is 17.1 Å². The molecule has 0 bridgehead atoms. The summed E-state index contributed by atoms with van der Waals surface area (Å²) in [6, 6.07) is 16.0. The van der Waals surface area contributed by atoms with Crippen LogP contribution < -0.4 is 4.74 Å². The lowest BCUT2D eigenvalue weighted by Gasteiger charge is -2.06. The summed E-state index contributed by atoms with van der Waals surface area (Å²) < 4.78 is 15.2. The molecule has 1 aliphatic heterocycles. The molecule has 0 N–H and O–H groups in total. The number of hydrogen-bond acceptors (Lipinski definition) is 7. The summed E-state index contributed by atoms with van der Waals surface area (Å²) in [4.78, 5) is 4.20. The van der Waals surface area contributed by atoms with Gasteiger partial charge in [-0.05, 0) is 24.6 Å². The molecule has 0 fully saturated rings. The minimum atomic E-state index is 0.303. The third-order valence-electron chi connectivity index (χ3n) is 5.55. The summed E-state index contributed by atoms with van der Waals surface area (Å²) in [5, 5.41) is 17.5. The van der Waals surface area contributed by atoms with Crippen molar-refractivity contribution >= 4 is 0 Å². The number of aryl methyl sites for hydroxylation is 2. The molecule has 0 saturated heterocycles. The van der Waals surface area contributed by atoms with E-state index in [2.05, 4.69) is 36.1 Å². The maximum atomic E-state index is 5.90. The van der Waals surface area contributed by atoms with Gasteiger partial charge in [0.25, 0.3) is 0 Å². The molecule has 4 heterocycles. The fourth-order valence-electron chi connectivity index (χ4n) is 4.03. The van der Waals surface area contributed by atoms with E-state index in [-0.39, 0.29) is 0 Å². The second-order valence-corrected chi connectivity index (χ2v) is 7.70. The topological polar surface area (TPSA) is 96.7 Å². The first-order valence-corrected chi connectivity index (χ1v) is 10.2. The van der Waals surface area contributed by atoms with Gasteiger partial charge in [-0.15, -0.1) is 10.2 Å². The van der Waals surface area contributed by atoms with Crippen LogP contribution in [0.5, 0.6) is 5.75 Å². The molecule has 0 amide bonds. The molecular weight excluding hydrogens is 406 g/mol. The van der Waals surface area contributed by atoms with Gasteiger partial charge in [0.1, 0.15) is 30.1 Å². The molecule has 2 aromatic carbocycles. The van der Waals surface area contributed by atoms with Crippen molar-refractivity contribution in [3.63, 3.8) is 0 Å². The Morgan fingerprint density at radius 3 is 2.72 bits per heavy atom. The summed E-state index contributed by atoms with van der Waals surface area (Å²) in [6.45, 7) is 2.88. The van der Waals surface area contributed by atoms with Gasteiger partial charge in [0.2, 0.25) is 0 Å². The molecule has 0 saturated carbocycles. The average Bonchev–Trinajstić information content (AvgIpc) is 3.57. The number of ether oxygens (including phenoxy) is 1. The molecule has 9 nitrogen and oxygen atoms in total. The van der Waals surface area contributed by atoms with Gasteiger partial charge in [-0.3, -0.25) is 4.68 Å². The Labute approximate surface area is 183 Å². The average molecular weight is 425 g/mol. The third kappa shape index (κ3) is 2.97. The Bertz CT molecular complexity index is 1430. The molecule has 3 aromatic heterocycles. The predicted molar refractivity (Wildman–Crippen MR) is 116 cm³/mol. The van der Waals surface area contributed by atoms with Crippen LogP contribution in [0.15, 0.2) is 59.4 Å². The van der Waals surface area contributed by atoms with Gasteiger partial charge in [-0.25, -0.2) is 4.98 Å². The summed E-state index contributed by atoms with van der Waals surface area (Å²) in [5.41, 5.74) is 4.77. The van der Waals surface area contributed by atoms with Crippen LogP contribution in [0.2, 0.25) is 0 Å². The summed E-state index contributed by atoms with van der Waals surface area (Å²) in [5.74, 6) is 3.63. The second kappa shape index (κ2) is 7.16. The molecule has 0 aliphatic carbocycles. The lowest BCUT2D eigenvalue weighted by atomic mass is 10.1. The van der Waals surface area contributed by atoms with E-state index in [1.165, 1.54) is 0 Å². The van der Waals surface area contributed by atoms with Crippen molar-refractivity contribution in [3.05, 3.63) is 72.0 Å². The van der Waals surface area contributed by atoms with Gasteiger partial charge in [-0.2, -0.15) is 5.10 Å². The number of fused-ring (bicyclic) bond motifs is 3. The molecule has 0 spiro atoms. The zero-order valence-corrected chi connectivity index (χ0v) is 17.6. The fraction of sp³-hybridized carbons (Fsp3) is 0.174. The van der Waals surface area contributed by atoms with Crippen molar-refractivity contribution in [2.24, 2.45) is 7.05 Å². The quantitative estimate of drug-likeness (QED) is 0.416. The molecule has 9 heteroatoms. The molecule has 1 aliphatic rings.